The van der Waals surface area contributed by atoms with Crippen molar-refractivity contribution in [3.05, 3.63) is 83.2 Å². The Morgan fingerprint density at radius 1 is 1.06 bits per heavy atom. The summed E-state index contributed by atoms with van der Waals surface area (Å²) >= 11 is 0. The second-order valence-electron chi connectivity index (χ2n) is 6.38. The largest absolute Gasteiger partial charge is 0.507 e. The molecule has 1 amide bonds. The monoisotopic (exact) mass is 427 g/mol. The van der Waals surface area contributed by atoms with Gasteiger partial charge in [0.15, 0.2) is 0 Å². The predicted octanol–water partition coefficient (Wildman–Crippen LogP) is 5.29. The van der Waals surface area contributed by atoms with E-state index in [2.05, 4.69) is 25.7 Å². The average Bonchev–Trinajstić information content (AvgIpc) is 2.74. The Bertz CT molecular complexity index is 1140. The number of azo groups is 1. The van der Waals surface area contributed by atoms with E-state index >= 15 is 0 Å². The number of hydrogen-bond donors (Lipinski definition) is 2. The fraction of sp³-hybridized carbons (Fsp3) is 0.0952. The molecule has 2 aromatic carbocycles. The molecule has 1 heterocycles. The lowest BCUT2D eigenvalue weighted by Crippen LogP contribution is -2.17. The van der Waals surface area contributed by atoms with Gasteiger partial charge in [-0.1, -0.05) is 6.07 Å². The standard InChI is InChI=1S/C21H16F3N5O2/c1-13-5-6-14(11-25-13)20(31)29-26-12-15-9-18(7-8-19(15)30)28-27-17-4-2-3-16(10-17)21(22,23)24/h2-12,30H,1H3,(H,29,31)/b26-12+,28-27?. The average molecular weight is 427 g/mol. The zero-order valence-electron chi connectivity index (χ0n) is 16.1. The number of pyridine rings is 1. The van der Waals surface area contributed by atoms with Crippen LogP contribution in [0.25, 0.3) is 0 Å². The number of carbonyl (C=O) groups is 1. The number of aryl methyl sites for hydroxylation is 1. The van der Waals surface area contributed by atoms with Crippen LogP contribution in [-0.4, -0.2) is 22.2 Å². The van der Waals surface area contributed by atoms with Crippen LogP contribution >= 0.6 is 0 Å². The molecule has 0 spiro atoms. The number of alkyl halides is 3. The van der Waals surface area contributed by atoms with Crippen molar-refractivity contribution in [1.29, 1.82) is 0 Å². The first-order chi connectivity index (χ1) is 14.7. The van der Waals surface area contributed by atoms with Crippen molar-refractivity contribution < 1.29 is 23.1 Å². The van der Waals surface area contributed by atoms with Gasteiger partial charge in [-0.2, -0.15) is 28.5 Å². The predicted molar refractivity (Wildman–Crippen MR) is 108 cm³/mol. The summed E-state index contributed by atoms with van der Waals surface area (Å²) < 4.78 is 38.3. The van der Waals surface area contributed by atoms with Crippen molar-refractivity contribution in [2.75, 3.05) is 0 Å². The minimum absolute atomic E-state index is 0.0251. The molecule has 7 nitrogen and oxygen atoms in total. The van der Waals surface area contributed by atoms with Gasteiger partial charge in [-0.15, -0.1) is 0 Å². The van der Waals surface area contributed by atoms with Crippen molar-refractivity contribution in [1.82, 2.24) is 10.4 Å². The van der Waals surface area contributed by atoms with Crippen LogP contribution in [0.4, 0.5) is 24.5 Å². The lowest BCUT2D eigenvalue weighted by Gasteiger charge is -2.06. The fourth-order valence-electron chi connectivity index (χ4n) is 2.39. The van der Waals surface area contributed by atoms with E-state index in [0.29, 0.717) is 5.56 Å². The lowest BCUT2D eigenvalue weighted by atomic mass is 10.2. The van der Waals surface area contributed by atoms with Crippen molar-refractivity contribution >= 4 is 23.5 Å². The van der Waals surface area contributed by atoms with E-state index in [1.807, 2.05) is 0 Å². The Balaban J connectivity index is 1.71. The summed E-state index contributed by atoms with van der Waals surface area (Å²) in [6.45, 7) is 1.79. The van der Waals surface area contributed by atoms with Crippen LogP contribution in [0.1, 0.15) is 27.2 Å². The first kappa shape index (κ1) is 21.6. The number of hydrogen-bond acceptors (Lipinski definition) is 6. The molecule has 2 N–H and O–H groups in total. The Morgan fingerprint density at radius 2 is 1.81 bits per heavy atom. The normalized spacial score (nSPS) is 11.9. The molecule has 0 fully saturated rings. The number of carbonyl (C=O) groups excluding carboxylic acids is 1. The number of benzene rings is 2. The number of nitrogens with one attached hydrogen (secondary N) is 1. The van der Waals surface area contributed by atoms with Gasteiger partial charge in [-0.3, -0.25) is 9.78 Å². The first-order valence-corrected chi connectivity index (χ1v) is 8.90. The van der Waals surface area contributed by atoms with Crippen LogP contribution < -0.4 is 5.43 Å². The number of aromatic nitrogens is 1. The molecule has 0 bridgehead atoms. The van der Waals surface area contributed by atoms with Crippen LogP contribution in [0, 0.1) is 6.92 Å². The highest BCUT2D eigenvalue weighted by Gasteiger charge is 2.30. The summed E-state index contributed by atoms with van der Waals surface area (Å²) in [4.78, 5) is 16.0. The van der Waals surface area contributed by atoms with Crippen LogP contribution in [0.5, 0.6) is 5.75 Å². The van der Waals surface area contributed by atoms with Crippen molar-refractivity contribution in [2.45, 2.75) is 13.1 Å². The van der Waals surface area contributed by atoms with E-state index in [1.54, 1.807) is 19.1 Å². The molecule has 0 saturated carbocycles. The highest BCUT2D eigenvalue weighted by Crippen LogP contribution is 2.32. The number of nitrogens with zero attached hydrogens (tertiary/aromatic N) is 4. The molecule has 0 saturated heterocycles. The molecule has 0 aliphatic carbocycles. The maximum Gasteiger partial charge on any atom is 0.416 e. The van der Waals surface area contributed by atoms with E-state index in [4.69, 9.17) is 0 Å². The molecule has 1 aromatic heterocycles. The third-order valence-electron chi connectivity index (χ3n) is 4.01. The number of hydrazone groups is 1. The second-order valence-corrected chi connectivity index (χ2v) is 6.38. The number of aromatic hydroxyl groups is 1. The third-order valence-corrected chi connectivity index (χ3v) is 4.01. The van der Waals surface area contributed by atoms with E-state index in [1.165, 1.54) is 42.7 Å². The van der Waals surface area contributed by atoms with Gasteiger partial charge in [0.25, 0.3) is 5.91 Å². The molecule has 3 rings (SSSR count). The molecule has 0 atom stereocenters. The molecule has 0 radical (unpaired) electrons. The smallest absolute Gasteiger partial charge is 0.416 e. The molecule has 31 heavy (non-hydrogen) atoms. The van der Waals surface area contributed by atoms with Gasteiger partial charge < -0.3 is 5.11 Å². The van der Waals surface area contributed by atoms with E-state index in [9.17, 15) is 23.1 Å². The van der Waals surface area contributed by atoms with Gasteiger partial charge in [-0.05, 0) is 55.5 Å². The van der Waals surface area contributed by atoms with Gasteiger partial charge in [0.2, 0.25) is 0 Å². The summed E-state index contributed by atoms with van der Waals surface area (Å²) in [5.74, 6) is -0.614. The topological polar surface area (TPSA) is 99.3 Å². The SMILES string of the molecule is Cc1ccc(C(=O)N/N=C/c2cc(N=Nc3cccc(C(F)(F)F)c3)ccc2O)cn1. The number of phenols is 1. The number of rotatable bonds is 5. The Kier molecular flexibility index (Phi) is 6.39. The van der Waals surface area contributed by atoms with E-state index in [0.717, 1.165) is 17.8 Å². The molecule has 0 aliphatic rings. The van der Waals surface area contributed by atoms with Crippen LogP contribution in [-0.2, 0) is 6.18 Å². The van der Waals surface area contributed by atoms with E-state index < -0.39 is 17.6 Å². The minimum Gasteiger partial charge on any atom is -0.507 e. The molecule has 10 heteroatoms. The number of phenolic OH excluding ortho intramolecular Hbond substituents is 1. The van der Waals surface area contributed by atoms with Gasteiger partial charge in [-0.25, -0.2) is 5.43 Å². The van der Waals surface area contributed by atoms with Crippen molar-refractivity contribution in [3.63, 3.8) is 0 Å². The van der Waals surface area contributed by atoms with Crippen LogP contribution in [0.3, 0.4) is 0 Å². The Hall–Kier alpha value is -4.08. The molecular weight excluding hydrogens is 411 g/mol. The zero-order valence-corrected chi connectivity index (χ0v) is 16.1. The fourth-order valence-corrected chi connectivity index (χ4v) is 2.39. The molecular formula is C21H16F3N5O2. The van der Waals surface area contributed by atoms with E-state index in [-0.39, 0.29) is 22.7 Å². The zero-order chi connectivity index (χ0) is 22.4. The van der Waals surface area contributed by atoms with Crippen LogP contribution in [0.15, 0.2) is 76.1 Å². The number of amides is 1. The Morgan fingerprint density at radius 3 is 2.48 bits per heavy atom. The summed E-state index contributed by atoms with van der Waals surface area (Å²) in [7, 11) is 0. The molecule has 0 aliphatic heterocycles. The summed E-state index contributed by atoms with van der Waals surface area (Å²) in [5, 5.41) is 21.4. The minimum atomic E-state index is -4.48. The highest BCUT2D eigenvalue weighted by molar-refractivity contribution is 5.94. The van der Waals surface area contributed by atoms with Crippen molar-refractivity contribution in [2.24, 2.45) is 15.3 Å². The van der Waals surface area contributed by atoms with Gasteiger partial charge in [0.05, 0.1) is 28.7 Å². The molecule has 158 valence electrons. The third kappa shape index (κ3) is 5.95. The van der Waals surface area contributed by atoms with Crippen LogP contribution in [0.2, 0.25) is 0 Å². The maximum atomic E-state index is 12.8. The summed E-state index contributed by atoms with van der Waals surface area (Å²) in [6.07, 6.45) is -1.86. The number of halogens is 3. The molecule has 3 aromatic rings. The first-order valence-electron chi connectivity index (χ1n) is 8.90. The second kappa shape index (κ2) is 9.16. The van der Waals surface area contributed by atoms with Gasteiger partial charge in [0.1, 0.15) is 5.75 Å². The summed E-state index contributed by atoms with van der Waals surface area (Å²) in [5.41, 5.74) is 3.08. The molecule has 0 unspecified atom stereocenters. The quantitative estimate of drug-likeness (QED) is 0.329. The maximum absolute atomic E-state index is 12.8. The van der Waals surface area contributed by atoms with Crippen molar-refractivity contribution in [3.8, 4) is 5.75 Å². The summed E-state index contributed by atoms with van der Waals surface area (Å²) in [6, 6.07) is 11.9. The highest BCUT2D eigenvalue weighted by atomic mass is 19.4. The Labute approximate surface area is 175 Å². The lowest BCUT2D eigenvalue weighted by molar-refractivity contribution is -0.137. The van der Waals surface area contributed by atoms with Gasteiger partial charge in [0, 0.05) is 17.5 Å². The van der Waals surface area contributed by atoms with Gasteiger partial charge >= 0.3 is 6.18 Å².